The number of allylic oxidation sites excluding steroid dienone is 1. The van der Waals surface area contributed by atoms with E-state index >= 15 is 0 Å². The van der Waals surface area contributed by atoms with E-state index in [1.54, 1.807) is 0 Å². The highest BCUT2D eigenvalue weighted by molar-refractivity contribution is 4.78. The lowest BCUT2D eigenvalue weighted by molar-refractivity contribution is 0.403. The molecule has 0 unspecified atom stereocenters. The van der Waals surface area contributed by atoms with Crippen LogP contribution in [0.5, 0.6) is 0 Å². The molecule has 0 fully saturated rings. The summed E-state index contributed by atoms with van der Waals surface area (Å²) >= 11 is 0. The second kappa shape index (κ2) is 9.66. The molecule has 68 valence electrons. The Kier molecular flexibility index (Phi) is 11.6. The Morgan fingerprint density at radius 2 is 1.73 bits per heavy atom. The van der Waals surface area contributed by atoms with Crippen LogP contribution in [0.4, 0.5) is 0 Å². The van der Waals surface area contributed by atoms with Gasteiger partial charge in [-0.3, -0.25) is 0 Å². The lowest BCUT2D eigenvalue weighted by Crippen LogP contribution is -2.16. The van der Waals surface area contributed by atoms with E-state index in [2.05, 4.69) is 25.6 Å². The van der Waals surface area contributed by atoms with E-state index in [1.807, 2.05) is 13.8 Å². The standard InChI is InChI=1S/C5H14N2.C4H8/c1-7(2)5-3-4-6;1-4(2)3/h3-6H2,1-2H3;1H2,2-3H3. The van der Waals surface area contributed by atoms with Crippen LogP contribution in [0, 0.1) is 0 Å². The van der Waals surface area contributed by atoms with Gasteiger partial charge in [-0.15, -0.1) is 6.58 Å². The normalized spacial score (nSPS) is 8.91. The maximum Gasteiger partial charge on any atom is -0.00128 e. The molecule has 0 saturated heterocycles. The van der Waals surface area contributed by atoms with Gasteiger partial charge in [0.15, 0.2) is 0 Å². The van der Waals surface area contributed by atoms with Crippen molar-refractivity contribution in [2.24, 2.45) is 5.73 Å². The van der Waals surface area contributed by atoms with Crippen LogP contribution < -0.4 is 5.73 Å². The Balaban J connectivity index is 0. The first-order chi connectivity index (χ1) is 5.00. The van der Waals surface area contributed by atoms with Crippen molar-refractivity contribution in [2.45, 2.75) is 20.3 Å². The molecular weight excluding hydrogens is 136 g/mol. The Labute approximate surface area is 71.1 Å². The Hall–Kier alpha value is -0.340. The molecule has 0 aliphatic heterocycles. The molecule has 2 N–H and O–H groups in total. The molecule has 2 nitrogen and oxygen atoms in total. The summed E-state index contributed by atoms with van der Waals surface area (Å²) in [5, 5.41) is 0. The maximum absolute atomic E-state index is 5.25. The van der Waals surface area contributed by atoms with Gasteiger partial charge < -0.3 is 10.6 Å². The second-order valence-electron chi connectivity index (χ2n) is 3.15. The van der Waals surface area contributed by atoms with E-state index in [4.69, 9.17) is 5.73 Å². The summed E-state index contributed by atoms with van der Waals surface area (Å²) in [6.07, 6.45) is 1.10. The molecule has 0 radical (unpaired) electrons. The summed E-state index contributed by atoms with van der Waals surface area (Å²) in [6.45, 7) is 9.41. The molecule has 0 spiro atoms. The van der Waals surface area contributed by atoms with Crippen molar-refractivity contribution >= 4 is 0 Å². The molecule has 0 aromatic rings. The minimum absolute atomic E-state index is 0.804. The predicted molar refractivity (Wildman–Crippen MR) is 52.7 cm³/mol. The third kappa shape index (κ3) is 42.3. The average molecular weight is 158 g/mol. The Bertz CT molecular complexity index is 83.6. The van der Waals surface area contributed by atoms with Crippen LogP contribution in [-0.4, -0.2) is 32.1 Å². The summed E-state index contributed by atoms with van der Waals surface area (Å²) in [6, 6.07) is 0. The smallest absolute Gasteiger partial charge is 0.00128 e. The van der Waals surface area contributed by atoms with Crippen LogP contribution in [-0.2, 0) is 0 Å². The van der Waals surface area contributed by atoms with Crippen LogP contribution in [0.25, 0.3) is 0 Å². The van der Waals surface area contributed by atoms with E-state index in [0.29, 0.717) is 0 Å². The zero-order valence-corrected chi connectivity index (χ0v) is 8.35. The lowest BCUT2D eigenvalue weighted by Gasteiger charge is -2.05. The van der Waals surface area contributed by atoms with Crippen LogP contribution in [0.2, 0.25) is 0 Å². The quantitative estimate of drug-likeness (QED) is 0.630. The Morgan fingerprint density at radius 3 is 1.82 bits per heavy atom. The average Bonchev–Trinajstić information content (AvgIpc) is 1.82. The fraction of sp³-hybridized carbons (Fsp3) is 0.778. The first-order valence-corrected chi connectivity index (χ1v) is 3.97. The van der Waals surface area contributed by atoms with Crippen LogP contribution in [0.3, 0.4) is 0 Å². The summed E-state index contributed by atoms with van der Waals surface area (Å²) in [5.74, 6) is 0. The topological polar surface area (TPSA) is 29.3 Å². The molecule has 0 heterocycles. The van der Waals surface area contributed by atoms with Gasteiger partial charge >= 0.3 is 0 Å². The first kappa shape index (κ1) is 13.3. The maximum atomic E-state index is 5.25. The van der Waals surface area contributed by atoms with Crippen molar-refractivity contribution in [1.29, 1.82) is 0 Å². The van der Waals surface area contributed by atoms with Gasteiger partial charge in [-0.05, 0) is 47.5 Å². The summed E-state index contributed by atoms with van der Waals surface area (Å²) < 4.78 is 0. The fourth-order valence-electron chi connectivity index (χ4n) is 0.408. The van der Waals surface area contributed by atoms with Gasteiger partial charge in [-0.25, -0.2) is 0 Å². The van der Waals surface area contributed by atoms with E-state index in [-0.39, 0.29) is 0 Å². The van der Waals surface area contributed by atoms with Gasteiger partial charge in [-0.1, -0.05) is 5.57 Å². The van der Waals surface area contributed by atoms with Crippen molar-refractivity contribution in [3.05, 3.63) is 12.2 Å². The number of hydrogen-bond donors (Lipinski definition) is 1. The first-order valence-electron chi connectivity index (χ1n) is 3.97. The van der Waals surface area contributed by atoms with E-state index < -0.39 is 0 Å². The third-order valence-corrected chi connectivity index (χ3v) is 0.809. The number of hydrogen-bond acceptors (Lipinski definition) is 2. The number of nitrogens with two attached hydrogens (primary N) is 1. The third-order valence-electron chi connectivity index (χ3n) is 0.809. The van der Waals surface area contributed by atoms with Gasteiger partial charge in [0, 0.05) is 0 Å². The van der Waals surface area contributed by atoms with Crippen LogP contribution in [0.15, 0.2) is 12.2 Å². The molecule has 0 amide bonds. The van der Waals surface area contributed by atoms with Crippen molar-refractivity contribution in [1.82, 2.24) is 4.90 Å². The number of nitrogens with zero attached hydrogens (tertiary/aromatic N) is 1. The molecule has 0 atom stereocenters. The van der Waals surface area contributed by atoms with Gasteiger partial charge in [0.1, 0.15) is 0 Å². The predicted octanol–water partition coefficient (Wildman–Crippen LogP) is 1.48. The monoisotopic (exact) mass is 158 g/mol. The van der Waals surface area contributed by atoms with E-state index in [1.165, 1.54) is 5.57 Å². The molecule has 0 aliphatic rings. The molecule has 0 aliphatic carbocycles. The zero-order valence-electron chi connectivity index (χ0n) is 8.35. The van der Waals surface area contributed by atoms with Crippen molar-refractivity contribution in [2.75, 3.05) is 27.2 Å². The second-order valence-corrected chi connectivity index (χ2v) is 3.15. The van der Waals surface area contributed by atoms with Crippen molar-refractivity contribution in [3.63, 3.8) is 0 Å². The van der Waals surface area contributed by atoms with Crippen LogP contribution in [0.1, 0.15) is 20.3 Å². The molecule has 0 aromatic carbocycles. The minimum atomic E-state index is 0.804. The van der Waals surface area contributed by atoms with Gasteiger partial charge in [0.05, 0.1) is 0 Å². The number of rotatable bonds is 3. The highest BCUT2D eigenvalue weighted by Crippen LogP contribution is 1.76. The summed E-state index contributed by atoms with van der Waals surface area (Å²) in [5.41, 5.74) is 6.42. The largest absolute Gasteiger partial charge is 0.330 e. The fourth-order valence-corrected chi connectivity index (χ4v) is 0.408. The highest BCUT2D eigenvalue weighted by atomic mass is 15.0. The summed E-state index contributed by atoms with van der Waals surface area (Å²) in [7, 11) is 4.10. The molecule has 0 aromatic heterocycles. The van der Waals surface area contributed by atoms with Crippen molar-refractivity contribution in [3.8, 4) is 0 Å². The molecular formula is C9H22N2. The van der Waals surface area contributed by atoms with Crippen molar-refractivity contribution < 1.29 is 0 Å². The molecule has 0 saturated carbocycles. The van der Waals surface area contributed by atoms with E-state index in [0.717, 1.165) is 19.5 Å². The van der Waals surface area contributed by atoms with E-state index in [9.17, 15) is 0 Å². The molecule has 0 rings (SSSR count). The molecule has 0 bridgehead atoms. The van der Waals surface area contributed by atoms with Gasteiger partial charge in [-0.2, -0.15) is 0 Å². The molecule has 11 heavy (non-hydrogen) atoms. The summed E-state index contributed by atoms with van der Waals surface area (Å²) in [4.78, 5) is 2.13. The lowest BCUT2D eigenvalue weighted by atomic mass is 10.4. The Morgan fingerprint density at radius 1 is 1.36 bits per heavy atom. The minimum Gasteiger partial charge on any atom is -0.330 e. The molecule has 2 heteroatoms. The highest BCUT2D eigenvalue weighted by Gasteiger charge is 1.83. The van der Waals surface area contributed by atoms with Gasteiger partial charge in [0.25, 0.3) is 0 Å². The zero-order chi connectivity index (χ0) is 9.28. The van der Waals surface area contributed by atoms with Gasteiger partial charge in [0.2, 0.25) is 0 Å². The van der Waals surface area contributed by atoms with Crippen LogP contribution >= 0.6 is 0 Å². The SMILES string of the molecule is C=C(C)C.CN(C)CCCN.